The quantitative estimate of drug-likeness (QED) is 0.757. The Morgan fingerprint density at radius 1 is 1.50 bits per heavy atom. The number of nitrogens with zero attached hydrogens (tertiary/aromatic N) is 1. The summed E-state index contributed by atoms with van der Waals surface area (Å²) in [5, 5.41) is 3.05. The number of hydrogen-bond donors (Lipinski definition) is 0. The Kier molecular flexibility index (Phi) is 4.30. The molecular formula is C14H17NOS2. The van der Waals surface area contributed by atoms with Crippen molar-refractivity contribution in [1.29, 1.82) is 0 Å². The van der Waals surface area contributed by atoms with Crippen LogP contribution in [0.15, 0.2) is 17.5 Å². The van der Waals surface area contributed by atoms with E-state index >= 15 is 0 Å². The maximum Gasteiger partial charge on any atom is 0.175 e. The summed E-state index contributed by atoms with van der Waals surface area (Å²) in [5.41, 5.74) is 0.959. The molecule has 0 saturated heterocycles. The number of ketones is 1. The van der Waals surface area contributed by atoms with E-state index in [1.54, 1.807) is 11.3 Å². The average molecular weight is 279 g/mol. The third-order valence-corrected chi connectivity index (χ3v) is 5.07. The molecule has 2 nitrogen and oxygen atoms in total. The molecular weight excluding hydrogens is 262 g/mol. The molecule has 96 valence electrons. The molecule has 2 aromatic rings. The first-order valence-electron chi connectivity index (χ1n) is 6.14. The molecule has 2 rings (SSSR count). The summed E-state index contributed by atoms with van der Waals surface area (Å²) in [6, 6.07) is 4.14. The molecule has 0 aliphatic carbocycles. The van der Waals surface area contributed by atoms with Gasteiger partial charge < -0.3 is 0 Å². The first-order chi connectivity index (χ1) is 8.61. The Morgan fingerprint density at radius 3 is 2.89 bits per heavy atom. The summed E-state index contributed by atoms with van der Waals surface area (Å²) in [6.07, 6.45) is 1.41. The Bertz CT molecular complexity index is 528. The number of thiophene rings is 1. The number of carbonyl (C=O) groups is 1. The smallest absolute Gasteiger partial charge is 0.175 e. The van der Waals surface area contributed by atoms with Gasteiger partial charge in [0, 0.05) is 11.3 Å². The number of hydrogen-bond acceptors (Lipinski definition) is 4. The monoisotopic (exact) mass is 279 g/mol. The molecule has 0 saturated carbocycles. The molecule has 0 spiro atoms. The van der Waals surface area contributed by atoms with Crippen LogP contribution in [0.1, 0.15) is 51.4 Å². The molecule has 1 atom stereocenters. The van der Waals surface area contributed by atoms with Crippen LogP contribution < -0.4 is 0 Å². The zero-order valence-corrected chi connectivity index (χ0v) is 12.5. The van der Waals surface area contributed by atoms with Gasteiger partial charge in [0.15, 0.2) is 5.78 Å². The first-order valence-corrected chi connectivity index (χ1v) is 7.84. The minimum Gasteiger partial charge on any atom is -0.293 e. The molecule has 0 amide bonds. The van der Waals surface area contributed by atoms with E-state index in [2.05, 4.69) is 23.4 Å². The molecule has 0 bridgehead atoms. The molecule has 0 aliphatic heterocycles. The number of carbonyl (C=O) groups excluding carboxylic acids is 1. The normalized spacial score (nSPS) is 12.6. The third kappa shape index (κ3) is 2.87. The van der Waals surface area contributed by atoms with Gasteiger partial charge in [0.1, 0.15) is 0 Å². The lowest BCUT2D eigenvalue weighted by Gasteiger charge is -2.07. The molecule has 0 N–H and O–H groups in total. The van der Waals surface area contributed by atoms with E-state index in [0.717, 1.165) is 22.0 Å². The highest BCUT2D eigenvalue weighted by atomic mass is 32.1. The van der Waals surface area contributed by atoms with Crippen molar-refractivity contribution in [1.82, 2.24) is 4.98 Å². The summed E-state index contributed by atoms with van der Waals surface area (Å²) in [6.45, 7) is 6.13. The van der Waals surface area contributed by atoms with Gasteiger partial charge in [-0.2, -0.15) is 0 Å². The van der Waals surface area contributed by atoms with Gasteiger partial charge in [-0.3, -0.25) is 4.79 Å². The van der Waals surface area contributed by atoms with Gasteiger partial charge in [0.05, 0.1) is 15.6 Å². The number of Topliss-reactive ketones (excluding diaryl/α,β-unsaturated/α-hetero) is 1. The SMILES string of the molecule is CCc1nc(C)sc1C(=O)CC(C)c1cccs1. The van der Waals surface area contributed by atoms with E-state index in [1.807, 2.05) is 19.9 Å². The predicted octanol–water partition coefficient (Wildman–Crippen LogP) is 4.45. The maximum absolute atomic E-state index is 12.3. The van der Waals surface area contributed by atoms with E-state index in [4.69, 9.17) is 0 Å². The Hall–Kier alpha value is -1.000. The largest absolute Gasteiger partial charge is 0.293 e. The highest BCUT2D eigenvalue weighted by Crippen LogP contribution is 2.28. The van der Waals surface area contributed by atoms with E-state index < -0.39 is 0 Å². The molecule has 2 heterocycles. The van der Waals surface area contributed by atoms with Crippen LogP contribution in [0.5, 0.6) is 0 Å². The fourth-order valence-electron chi connectivity index (χ4n) is 1.97. The van der Waals surface area contributed by atoms with Gasteiger partial charge in [0.2, 0.25) is 0 Å². The number of thiazole rings is 1. The summed E-state index contributed by atoms with van der Waals surface area (Å²) in [4.78, 5) is 18.9. The Morgan fingerprint density at radius 2 is 2.28 bits per heavy atom. The Labute approximate surface area is 116 Å². The number of aryl methyl sites for hydroxylation is 2. The van der Waals surface area contributed by atoms with Crippen molar-refractivity contribution in [2.24, 2.45) is 0 Å². The second kappa shape index (κ2) is 5.76. The summed E-state index contributed by atoms with van der Waals surface area (Å²) < 4.78 is 0. The van der Waals surface area contributed by atoms with Gasteiger partial charge >= 0.3 is 0 Å². The minimum atomic E-state index is 0.235. The van der Waals surface area contributed by atoms with Crippen LogP contribution in [0.4, 0.5) is 0 Å². The van der Waals surface area contributed by atoms with Crippen LogP contribution in [0, 0.1) is 6.92 Å². The number of aromatic nitrogens is 1. The van der Waals surface area contributed by atoms with Crippen molar-refractivity contribution in [3.63, 3.8) is 0 Å². The predicted molar refractivity (Wildman–Crippen MR) is 77.9 cm³/mol. The second-order valence-electron chi connectivity index (χ2n) is 4.41. The van der Waals surface area contributed by atoms with Gasteiger partial charge in [0.25, 0.3) is 0 Å². The van der Waals surface area contributed by atoms with Crippen molar-refractivity contribution in [2.45, 2.75) is 39.5 Å². The second-order valence-corrected chi connectivity index (χ2v) is 6.59. The highest BCUT2D eigenvalue weighted by molar-refractivity contribution is 7.13. The topological polar surface area (TPSA) is 30.0 Å². The molecule has 1 unspecified atom stereocenters. The zero-order valence-electron chi connectivity index (χ0n) is 10.9. The van der Waals surface area contributed by atoms with Gasteiger partial charge in [-0.15, -0.1) is 22.7 Å². The van der Waals surface area contributed by atoms with Gasteiger partial charge in [-0.1, -0.05) is 19.9 Å². The number of rotatable bonds is 5. The molecule has 0 aromatic carbocycles. The summed E-state index contributed by atoms with van der Waals surface area (Å²) >= 11 is 3.25. The fraction of sp³-hybridized carbons (Fsp3) is 0.429. The lowest BCUT2D eigenvalue weighted by Crippen LogP contribution is -2.04. The van der Waals surface area contributed by atoms with Crippen molar-refractivity contribution in [3.8, 4) is 0 Å². The third-order valence-electron chi connectivity index (χ3n) is 2.91. The van der Waals surface area contributed by atoms with Gasteiger partial charge in [-0.25, -0.2) is 4.98 Å². The summed E-state index contributed by atoms with van der Waals surface area (Å²) in [5.74, 6) is 0.531. The van der Waals surface area contributed by atoms with Crippen LogP contribution in [-0.2, 0) is 6.42 Å². The molecule has 2 aromatic heterocycles. The lowest BCUT2D eigenvalue weighted by atomic mass is 10.0. The van der Waals surface area contributed by atoms with E-state index in [1.165, 1.54) is 16.2 Å². The van der Waals surface area contributed by atoms with E-state index in [-0.39, 0.29) is 5.78 Å². The molecule has 0 radical (unpaired) electrons. The van der Waals surface area contributed by atoms with Crippen LogP contribution in [0.25, 0.3) is 0 Å². The summed E-state index contributed by atoms with van der Waals surface area (Å²) in [7, 11) is 0. The highest BCUT2D eigenvalue weighted by Gasteiger charge is 2.19. The van der Waals surface area contributed by atoms with Crippen LogP contribution in [-0.4, -0.2) is 10.8 Å². The fourth-order valence-corrected chi connectivity index (χ4v) is 3.71. The average Bonchev–Trinajstić information content (AvgIpc) is 2.96. The molecule has 0 aliphatic rings. The minimum absolute atomic E-state index is 0.235. The lowest BCUT2D eigenvalue weighted by molar-refractivity contribution is 0.0979. The maximum atomic E-state index is 12.3. The van der Waals surface area contributed by atoms with Gasteiger partial charge in [-0.05, 0) is 30.7 Å². The van der Waals surface area contributed by atoms with Crippen molar-refractivity contribution in [2.75, 3.05) is 0 Å². The first kappa shape index (κ1) is 13.4. The Balaban J connectivity index is 2.12. The van der Waals surface area contributed by atoms with Crippen molar-refractivity contribution < 1.29 is 4.79 Å². The van der Waals surface area contributed by atoms with E-state index in [0.29, 0.717) is 12.3 Å². The van der Waals surface area contributed by atoms with Crippen molar-refractivity contribution in [3.05, 3.63) is 38.0 Å². The van der Waals surface area contributed by atoms with Crippen molar-refractivity contribution >= 4 is 28.5 Å². The zero-order chi connectivity index (χ0) is 13.1. The van der Waals surface area contributed by atoms with Crippen LogP contribution >= 0.6 is 22.7 Å². The van der Waals surface area contributed by atoms with E-state index in [9.17, 15) is 4.79 Å². The molecule has 0 fully saturated rings. The van der Waals surface area contributed by atoms with Crippen LogP contribution in [0.3, 0.4) is 0 Å². The standard InChI is InChI=1S/C14H17NOS2/c1-4-11-14(18-10(3)15-11)12(16)8-9(2)13-6-5-7-17-13/h5-7,9H,4,8H2,1-3H3. The molecule has 4 heteroatoms. The van der Waals surface area contributed by atoms with Crippen LogP contribution in [0.2, 0.25) is 0 Å². The molecule has 18 heavy (non-hydrogen) atoms.